The fourth-order valence-corrected chi connectivity index (χ4v) is 3.48. The van der Waals surface area contributed by atoms with Crippen LogP contribution in [0.2, 0.25) is 0 Å². The summed E-state index contributed by atoms with van der Waals surface area (Å²) >= 11 is 1.71. The first-order valence-corrected chi connectivity index (χ1v) is 7.66. The minimum atomic E-state index is -0.991. The molecule has 0 aliphatic carbocycles. The lowest BCUT2D eigenvalue weighted by Gasteiger charge is -2.34. The summed E-state index contributed by atoms with van der Waals surface area (Å²) in [5.74, 6) is -1.14. The Morgan fingerprint density at radius 3 is 2.80 bits per heavy atom. The Bertz CT molecular complexity index is 512. The molecule has 6 heteroatoms. The molecule has 0 saturated heterocycles. The van der Waals surface area contributed by atoms with E-state index in [1.165, 1.54) is 10.4 Å². The molecule has 2 atom stereocenters. The highest BCUT2D eigenvalue weighted by molar-refractivity contribution is 7.10. The highest BCUT2D eigenvalue weighted by Crippen LogP contribution is 2.32. The van der Waals surface area contributed by atoms with Crippen molar-refractivity contribution in [2.45, 2.75) is 39.3 Å². The molecule has 0 saturated carbocycles. The summed E-state index contributed by atoms with van der Waals surface area (Å²) in [7, 11) is 0. The number of nitrogens with one attached hydrogen (secondary N) is 1. The third-order valence-electron chi connectivity index (χ3n) is 3.75. The van der Waals surface area contributed by atoms with E-state index in [2.05, 4.69) is 5.32 Å². The summed E-state index contributed by atoms with van der Waals surface area (Å²) in [6.45, 7) is 6.19. The van der Waals surface area contributed by atoms with Crippen molar-refractivity contribution in [1.29, 1.82) is 0 Å². The summed E-state index contributed by atoms with van der Waals surface area (Å²) in [6, 6.07) is 0.891. The molecule has 1 unspecified atom stereocenters. The van der Waals surface area contributed by atoms with Crippen molar-refractivity contribution in [3.05, 3.63) is 21.9 Å². The summed E-state index contributed by atoms with van der Waals surface area (Å²) in [4.78, 5) is 26.5. The number of thiophene rings is 1. The van der Waals surface area contributed by atoms with Crippen molar-refractivity contribution in [3.63, 3.8) is 0 Å². The number of urea groups is 1. The minimum Gasteiger partial charge on any atom is -0.480 e. The molecule has 1 aromatic heterocycles. The lowest BCUT2D eigenvalue weighted by molar-refractivity contribution is -0.140. The molecule has 2 rings (SSSR count). The van der Waals surface area contributed by atoms with E-state index >= 15 is 0 Å². The van der Waals surface area contributed by atoms with Crippen molar-refractivity contribution >= 4 is 23.3 Å². The average Bonchev–Trinajstić information content (AvgIpc) is 2.84. The van der Waals surface area contributed by atoms with Crippen molar-refractivity contribution < 1.29 is 14.7 Å². The second-order valence-corrected chi connectivity index (χ2v) is 6.43. The molecular formula is C14H20N2O3S. The van der Waals surface area contributed by atoms with Crippen LogP contribution in [0, 0.1) is 5.92 Å². The summed E-state index contributed by atoms with van der Waals surface area (Å²) < 4.78 is 0. The van der Waals surface area contributed by atoms with E-state index in [1.54, 1.807) is 30.1 Å². The van der Waals surface area contributed by atoms with Crippen molar-refractivity contribution in [2.75, 3.05) is 6.54 Å². The number of carboxylic acids is 1. The van der Waals surface area contributed by atoms with Gasteiger partial charge in [-0.1, -0.05) is 13.8 Å². The topological polar surface area (TPSA) is 69.6 Å². The van der Waals surface area contributed by atoms with Crippen LogP contribution in [-0.2, 0) is 11.2 Å². The van der Waals surface area contributed by atoms with Gasteiger partial charge in [0.1, 0.15) is 6.04 Å². The zero-order valence-electron chi connectivity index (χ0n) is 11.9. The molecule has 0 bridgehead atoms. The highest BCUT2D eigenvalue weighted by Gasteiger charge is 2.31. The molecule has 5 nitrogen and oxygen atoms in total. The molecule has 110 valence electrons. The van der Waals surface area contributed by atoms with Gasteiger partial charge in [-0.3, -0.25) is 0 Å². The maximum atomic E-state index is 12.3. The standard InChI is InChI=1S/C14H20N2O3S/c1-8(2)12(13(17)18)15-14(19)16-6-4-11-10(9(16)3)5-7-20-11/h5,7-9,12H,4,6H2,1-3H3,(H,15,19)(H,17,18)/t9?,12-/m0/s1. The van der Waals surface area contributed by atoms with Crippen LogP contribution in [0.5, 0.6) is 0 Å². The maximum Gasteiger partial charge on any atom is 0.326 e. The molecule has 1 aliphatic rings. The van der Waals surface area contributed by atoms with Gasteiger partial charge in [0.15, 0.2) is 0 Å². The van der Waals surface area contributed by atoms with E-state index < -0.39 is 12.0 Å². The average molecular weight is 296 g/mol. The van der Waals surface area contributed by atoms with Gasteiger partial charge in [0.25, 0.3) is 0 Å². The largest absolute Gasteiger partial charge is 0.480 e. The third kappa shape index (κ3) is 2.80. The number of carbonyl (C=O) groups excluding carboxylic acids is 1. The van der Waals surface area contributed by atoms with Gasteiger partial charge in [0.05, 0.1) is 6.04 Å². The monoisotopic (exact) mass is 296 g/mol. The molecule has 1 aliphatic heterocycles. The van der Waals surface area contributed by atoms with E-state index in [-0.39, 0.29) is 18.0 Å². The first kappa shape index (κ1) is 14.8. The number of amides is 2. The van der Waals surface area contributed by atoms with E-state index in [0.29, 0.717) is 6.54 Å². The third-order valence-corrected chi connectivity index (χ3v) is 4.75. The number of hydrogen-bond donors (Lipinski definition) is 2. The fourth-order valence-electron chi connectivity index (χ4n) is 2.52. The molecule has 0 aromatic carbocycles. The minimum absolute atomic E-state index is 0.00777. The highest BCUT2D eigenvalue weighted by atomic mass is 32.1. The van der Waals surface area contributed by atoms with Crippen LogP contribution in [0.3, 0.4) is 0 Å². The summed E-state index contributed by atoms with van der Waals surface area (Å²) in [5, 5.41) is 13.8. The van der Waals surface area contributed by atoms with Crippen molar-refractivity contribution in [2.24, 2.45) is 5.92 Å². The van der Waals surface area contributed by atoms with Crippen LogP contribution in [-0.4, -0.2) is 34.6 Å². The van der Waals surface area contributed by atoms with Gasteiger partial charge in [-0.2, -0.15) is 0 Å². The number of nitrogens with zero attached hydrogens (tertiary/aromatic N) is 1. The van der Waals surface area contributed by atoms with E-state index in [4.69, 9.17) is 5.11 Å². The van der Waals surface area contributed by atoms with Crippen LogP contribution in [0.25, 0.3) is 0 Å². The Balaban J connectivity index is 2.09. The molecule has 0 spiro atoms. The molecule has 2 amide bonds. The first-order valence-electron chi connectivity index (χ1n) is 6.78. The summed E-state index contributed by atoms with van der Waals surface area (Å²) in [5.41, 5.74) is 1.17. The normalized spacial score (nSPS) is 19.6. The van der Waals surface area contributed by atoms with Gasteiger partial charge in [0, 0.05) is 11.4 Å². The lowest BCUT2D eigenvalue weighted by atomic mass is 10.0. The number of carbonyl (C=O) groups is 2. The fraction of sp³-hybridized carbons (Fsp3) is 0.571. The van der Waals surface area contributed by atoms with Crippen molar-refractivity contribution in [1.82, 2.24) is 10.2 Å². The Kier molecular flexibility index (Phi) is 4.32. The van der Waals surface area contributed by atoms with E-state index in [1.807, 2.05) is 18.4 Å². The maximum absolute atomic E-state index is 12.3. The Morgan fingerprint density at radius 1 is 1.50 bits per heavy atom. The quantitative estimate of drug-likeness (QED) is 0.900. The number of rotatable bonds is 3. The van der Waals surface area contributed by atoms with Gasteiger partial charge < -0.3 is 15.3 Å². The van der Waals surface area contributed by atoms with Crippen LogP contribution < -0.4 is 5.32 Å². The zero-order chi connectivity index (χ0) is 14.9. The van der Waals surface area contributed by atoms with E-state index in [9.17, 15) is 9.59 Å². The van der Waals surface area contributed by atoms with E-state index in [0.717, 1.165) is 6.42 Å². The van der Waals surface area contributed by atoms with Crippen LogP contribution in [0.4, 0.5) is 4.79 Å². The molecular weight excluding hydrogens is 276 g/mol. The molecule has 20 heavy (non-hydrogen) atoms. The Hall–Kier alpha value is -1.56. The van der Waals surface area contributed by atoms with Gasteiger partial charge in [-0.15, -0.1) is 11.3 Å². The number of fused-ring (bicyclic) bond motifs is 1. The number of carboxylic acid groups (broad SMARTS) is 1. The van der Waals surface area contributed by atoms with Crippen LogP contribution >= 0.6 is 11.3 Å². The number of hydrogen-bond acceptors (Lipinski definition) is 3. The second kappa shape index (κ2) is 5.83. The molecule has 2 heterocycles. The van der Waals surface area contributed by atoms with Crippen molar-refractivity contribution in [3.8, 4) is 0 Å². The second-order valence-electron chi connectivity index (χ2n) is 5.43. The molecule has 2 N–H and O–H groups in total. The molecule has 1 aromatic rings. The number of aliphatic carboxylic acids is 1. The van der Waals surface area contributed by atoms with Crippen LogP contribution in [0.15, 0.2) is 11.4 Å². The SMILES string of the molecule is CC(C)[C@H](NC(=O)N1CCc2sccc2C1C)C(=O)O. The Morgan fingerprint density at radius 2 is 2.20 bits per heavy atom. The van der Waals surface area contributed by atoms with Gasteiger partial charge >= 0.3 is 12.0 Å². The van der Waals surface area contributed by atoms with Gasteiger partial charge in [0.2, 0.25) is 0 Å². The van der Waals surface area contributed by atoms with Gasteiger partial charge in [-0.05, 0) is 36.3 Å². The smallest absolute Gasteiger partial charge is 0.326 e. The summed E-state index contributed by atoms with van der Waals surface area (Å²) in [6.07, 6.45) is 0.837. The molecule has 0 radical (unpaired) electrons. The lowest BCUT2D eigenvalue weighted by Crippen LogP contribution is -2.52. The molecule has 0 fully saturated rings. The predicted octanol–water partition coefficient (Wildman–Crippen LogP) is 2.49. The first-order chi connectivity index (χ1) is 9.41. The van der Waals surface area contributed by atoms with Crippen LogP contribution in [0.1, 0.15) is 37.3 Å². The zero-order valence-corrected chi connectivity index (χ0v) is 12.7. The predicted molar refractivity (Wildman–Crippen MR) is 77.9 cm³/mol. The Labute approximate surface area is 122 Å². The van der Waals surface area contributed by atoms with Gasteiger partial charge in [-0.25, -0.2) is 9.59 Å².